The van der Waals surface area contributed by atoms with Gasteiger partial charge in [0.25, 0.3) is 0 Å². The summed E-state index contributed by atoms with van der Waals surface area (Å²) < 4.78 is 5.79. The van der Waals surface area contributed by atoms with Gasteiger partial charge < -0.3 is 14.5 Å². The van der Waals surface area contributed by atoms with Crippen LogP contribution in [0.15, 0.2) is 47.3 Å². The predicted octanol–water partition coefficient (Wildman–Crippen LogP) is 7.66. The first-order valence-electron chi connectivity index (χ1n) is 13.3. The van der Waals surface area contributed by atoms with Gasteiger partial charge in [0.2, 0.25) is 0 Å². The zero-order chi connectivity index (χ0) is 27.1. The van der Waals surface area contributed by atoms with Crippen LogP contribution < -0.4 is 4.90 Å². The summed E-state index contributed by atoms with van der Waals surface area (Å²) in [6.45, 7) is 3.86. The van der Waals surface area contributed by atoms with Gasteiger partial charge in [0, 0.05) is 59.3 Å². The molecule has 0 amide bonds. The van der Waals surface area contributed by atoms with E-state index in [1.807, 2.05) is 13.0 Å². The number of hydrogen-bond acceptors (Lipinski definition) is 6. The highest BCUT2D eigenvalue weighted by atomic mass is 35.5. The average molecular weight is 563 g/mol. The second kappa shape index (κ2) is 10.6. The Morgan fingerprint density at radius 3 is 2.54 bits per heavy atom. The molecule has 1 N–H and O–H groups in total. The minimum Gasteiger partial charge on any atom is -0.477 e. The lowest BCUT2D eigenvalue weighted by Gasteiger charge is -2.32. The zero-order valence-electron chi connectivity index (χ0n) is 21.5. The summed E-state index contributed by atoms with van der Waals surface area (Å²) in [4.78, 5) is 22.3. The third-order valence-electron chi connectivity index (χ3n) is 7.68. The highest BCUT2D eigenvalue weighted by Crippen LogP contribution is 2.46. The molecule has 7 nitrogen and oxygen atoms in total. The van der Waals surface area contributed by atoms with Crippen LogP contribution in [0.5, 0.6) is 0 Å². The smallest absolute Gasteiger partial charge is 0.354 e. The number of carboxylic acids is 1. The molecule has 4 aromatic rings. The van der Waals surface area contributed by atoms with Crippen LogP contribution in [-0.4, -0.2) is 39.3 Å². The maximum Gasteiger partial charge on any atom is 0.354 e. The van der Waals surface area contributed by atoms with Gasteiger partial charge in [0.1, 0.15) is 17.1 Å². The van der Waals surface area contributed by atoms with Crippen molar-refractivity contribution in [1.29, 1.82) is 0 Å². The highest BCUT2D eigenvalue weighted by molar-refractivity contribution is 6.39. The van der Waals surface area contributed by atoms with Crippen molar-refractivity contribution in [1.82, 2.24) is 15.1 Å². The van der Waals surface area contributed by atoms with Gasteiger partial charge in [0.05, 0.1) is 10.0 Å². The largest absolute Gasteiger partial charge is 0.477 e. The number of aryl methyl sites for hydroxylation is 1. The molecule has 6 rings (SSSR count). The lowest BCUT2D eigenvalue weighted by Crippen LogP contribution is -2.33. The van der Waals surface area contributed by atoms with E-state index in [2.05, 4.69) is 44.3 Å². The summed E-state index contributed by atoms with van der Waals surface area (Å²) >= 11 is 12.9. The summed E-state index contributed by atoms with van der Waals surface area (Å²) in [5.41, 5.74) is 4.34. The zero-order valence-corrected chi connectivity index (χ0v) is 23.0. The molecule has 2 aliphatic rings. The van der Waals surface area contributed by atoms with Crippen molar-refractivity contribution in [2.24, 2.45) is 5.92 Å². The molecule has 3 aromatic heterocycles. The third kappa shape index (κ3) is 5.13. The molecule has 0 unspecified atom stereocenters. The van der Waals surface area contributed by atoms with Gasteiger partial charge in [-0.15, -0.1) is 0 Å². The van der Waals surface area contributed by atoms with Crippen LogP contribution in [0.25, 0.3) is 28.1 Å². The van der Waals surface area contributed by atoms with Gasteiger partial charge in [-0.3, -0.25) is 4.98 Å². The number of pyridine rings is 2. The second-order valence-electron chi connectivity index (χ2n) is 10.3. The number of aromatic carboxylic acids is 1. The molecule has 1 aliphatic carbocycles. The number of nitrogens with zero attached hydrogens (tertiary/aromatic N) is 4. The fraction of sp³-hybridized carbons (Fsp3) is 0.333. The number of aromatic nitrogens is 3. The van der Waals surface area contributed by atoms with Gasteiger partial charge >= 0.3 is 5.97 Å². The number of rotatable bonds is 7. The van der Waals surface area contributed by atoms with Crippen molar-refractivity contribution in [2.75, 3.05) is 18.0 Å². The highest BCUT2D eigenvalue weighted by Gasteiger charge is 2.33. The van der Waals surface area contributed by atoms with Crippen molar-refractivity contribution < 1.29 is 14.4 Å². The number of fused-ring (bicyclic) bond motifs is 1. The van der Waals surface area contributed by atoms with E-state index in [-0.39, 0.29) is 5.69 Å². The third-order valence-corrected chi connectivity index (χ3v) is 8.26. The Morgan fingerprint density at radius 2 is 1.87 bits per heavy atom. The molecule has 1 saturated heterocycles. The van der Waals surface area contributed by atoms with Gasteiger partial charge in [0.15, 0.2) is 0 Å². The number of hydrogen-bond donors (Lipinski definition) is 1. The van der Waals surface area contributed by atoms with E-state index in [0.29, 0.717) is 39.6 Å². The predicted molar refractivity (Wildman–Crippen MR) is 154 cm³/mol. The number of carbonyl (C=O) groups is 1. The normalized spacial score (nSPS) is 16.4. The van der Waals surface area contributed by atoms with Crippen molar-refractivity contribution in [3.05, 3.63) is 75.5 Å². The van der Waals surface area contributed by atoms with E-state index < -0.39 is 5.97 Å². The lowest BCUT2D eigenvalue weighted by molar-refractivity contribution is 0.0690. The quantitative estimate of drug-likeness (QED) is 0.247. The van der Waals surface area contributed by atoms with Gasteiger partial charge in [-0.1, -0.05) is 53.5 Å². The van der Waals surface area contributed by atoms with Crippen molar-refractivity contribution in [3.63, 3.8) is 0 Å². The fourth-order valence-corrected chi connectivity index (χ4v) is 5.94. The maximum atomic E-state index is 11.5. The summed E-state index contributed by atoms with van der Waals surface area (Å²) in [6, 6.07) is 7.89. The average Bonchev–Trinajstić information content (AvgIpc) is 3.71. The van der Waals surface area contributed by atoms with Gasteiger partial charge in [-0.2, -0.15) is 0 Å². The van der Waals surface area contributed by atoms with E-state index >= 15 is 0 Å². The van der Waals surface area contributed by atoms with Crippen LogP contribution >= 0.6 is 23.2 Å². The molecule has 1 aliphatic heterocycles. The number of allylic oxidation sites excluding steroid dienone is 1. The first-order chi connectivity index (χ1) is 18.9. The molecule has 1 saturated carbocycles. The number of anilines is 1. The monoisotopic (exact) mass is 562 g/mol. The molecule has 4 heterocycles. The fourth-order valence-electron chi connectivity index (χ4n) is 5.39. The van der Waals surface area contributed by atoms with Crippen LogP contribution in [0.2, 0.25) is 10.0 Å². The Morgan fingerprint density at radius 1 is 1.13 bits per heavy atom. The summed E-state index contributed by atoms with van der Waals surface area (Å²) in [6.07, 6.45) is 12.5. The Hall–Kier alpha value is -3.42. The molecular formula is C30H28Cl2N4O3. The Bertz CT molecular complexity index is 1570. The Balaban J connectivity index is 1.20. The first kappa shape index (κ1) is 25.8. The molecule has 2 fully saturated rings. The minimum absolute atomic E-state index is 0.0917. The molecule has 39 heavy (non-hydrogen) atoms. The molecule has 0 radical (unpaired) electrons. The summed E-state index contributed by atoms with van der Waals surface area (Å²) in [5, 5.41) is 16.6. The Kier molecular flexibility index (Phi) is 7.04. The molecule has 0 bridgehead atoms. The standard InChI is InChI=1S/C30H28Cl2N4O3/c1-2-25-22-14-20(7-6-19(22)13-26(34-25)30(37)38)36-11-9-17(10-12-36)3-8-21-28(35-39-29(21)18-4-5-18)27-23(31)15-33-16-24(27)32/h3,6-8,13-18H,2,4-5,9-12H2,1H3,(H,37,38)/b8-3+. The van der Waals surface area contributed by atoms with Crippen LogP contribution in [0.3, 0.4) is 0 Å². The lowest BCUT2D eigenvalue weighted by atomic mass is 9.94. The minimum atomic E-state index is -1.000. The SMILES string of the molecule is CCc1nc(C(=O)O)cc2ccc(N3CCC(/C=C/c4c(-c5c(Cl)cncc5Cl)noc4C4CC4)CC3)cc12. The molecule has 0 spiro atoms. The van der Waals surface area contributed by atoms with Gasteiger partial charge in [-0.25, -0.2) is 9.78 Å². The van der Waals surface area contributed by atoms with Gasteiger partial charge in [-0.05, 0) is 61.6 Å². The molecular weight excluding hydrogens is 535 g/mol. The summed E-state index contributed by atoms with van der Waals surface area (Å²) in [7, 11) is 0. The van der Waals surface area contributed by atoms with E-state index in [4.69, 9.17) is 27.7 Å². The molecule has 200 valence electrons. The number of carboxylic acid groups (broad SMARTS) is 1. The van der Waals surface area contributed by atoms with Crippen molar-refractivity contribution >= 4 is 51.7 Å². The topological polar surface area (TPSA) is 92.3 Å². The first-order valence-corrected chi connectivity index (χ1v) is 14.1. The number of halogens is 2. The maximum absolute atomic E-state index is 11.5. The molecule has 1 aromatic carbocycles. The summed E-state index contributed by atoms with van der Waals surface area (Å²) in [5.74, 6) is 0.727. The van der Waals surface area contributed by atoms with Crippen LogP contribution in [0.1, 0.15) is 66.0 Å². The van der Waals surface area contributed by atoms with Crippen LogP contribution in [0, 0.1) is 5.92 Å². The number of piperidine rings is 1. The molecule has 9 heteroatoms. The number of benzene rings is 1. The van der Waals surface area contributed by atoms with Crippen LogP contribution in [0.4, 0.5) is 5.69 Å². The second-order valence-corrected chi connectivity index (χ2v) is 11.1. The molecule has 0 atom stereocenters. The van der Waals surface area contributed by atoms with E-state index in [0.717, 1.165) is 72.3 Å². The van der Waals surface area contributed by atoms with Crippen LogP contribution in [-0.2, 0) is 6.42 Å². The van der Waals surface area contributed by atoms with Crippen molar-refractivity contribution in [3.8, 4) is 11.3 Å². The Labute approximate surface area is 236 Å². The van der Waals surface area contributed by atoms with E-state index in [1.165, 1.54) is 0 Å². The van der Waals surface area contributed by atoms with E-state index in [9.17, 15) is 9.90 Å². The van der Waals surface area contributed by atoms with E-state index in [1.54, 1.807) is 18.5 Å². The van der Waals surface area contributed by atoms with Crippen molar-refractivity contribution in [2.45, 2.75) is 44.9 Å².